The molecule has 0 bridgehead atoms. The van der Waals surface area contributed by atoms with Crippen LogP contribution in [0, 0.1) is 11.6 Å². The number of nitrogens with one attached hydrogen (secondary N) is 1. The number of amides is 2. The standard InChI is InChI=1S/C21H24F2N2O2/c1-5-25(13-18(26)24-19-16(22)7-6-8-17(19)23)20(27)14-9-11-15(12-10-14)21(2,3)4/h6-12H,5,13H2,1-4H3,(H,24,26). The van der Waals surface area contributed by atoms with Crippen LogP contribution < -0.4 is 5.32 Å². The summed E-state index contributed by atoms with van der Waals surface area (Å²) in [5, 5.41) is 2.20. The highest BCUT2D eigenvalue weighted by Gasteiger charge is 2.20. The lowest BCUT2D eigenvalue weighted by atomic mass is 9.86. The summed E-state index contributed by atoms with van der Waals surface area (Å²) in [6.45, 7) is 7.95. The molecular formula is C21H24F2N2O2. The summed E-state index contributed by atoms with van der Waals surface area (Å²) in [6, 6.07) is 10.5. The van der Waals surface area contributed by atoms with Crippen molar-refractivity contribution in [2.24, 2.45) is 0 Å². The molecule has 2 amide bonds. The Morgan fingerprint density at radius 1 is 1.00 bits per heavy atom. The van der Waals surface area contributed by atoms with Crippen molar-refractivity contribution in [2.75, 3.05) is 18.4 Å². The average Bonchev–Trinajstić information content (AvgIpc) is 2.61. The van der Waals surface area contributed by atoms with E-state index >= 15 is 0 Å². The summed E-state index contributed by atoms with van der Waals surface area (Å²) >= 11 is 0. The summed E-state index contributed by atoms with van der Waals surface area (Å²) in [4.78, 5) is 26.1. The van der Waals surface area contributed by atoms with E-state index in [0.29, 0.717) is 5.56 Å². The van der Waals surface area contributed by atoms with Crippen molar-refractivity contribution in [3.8, 4) is 0 Å². The van der Waals surface area contributed by atoms with Crippen molar-refractivity contribution in [2.45, 2.75) is 33.1 Å². The van der Waals surface area contributed by atoms with Gasteiger partial charge in [0, 0.05) is 12.1 Å². The van der Waals surface area contributed by atoms with Gasteiger partial charge in [0.1, 0.15) is 23.9 Å². The van der Waals surface area contributed by atoms with Crippen LogP contribution >= 0.6 is 0 Å². The minimum atomic E-state index is -0.865. The van der Waals surface area contributed by atoms with E-state index in [9.17, 15) is 18.4 Å². The fourth-order valence-corrected chi connectivity index (χ4v) is 2.59. The molecule has 0 saturated heterocycles. The molecule has 4 nitrogen and oxygen atoms in total. The number of hydrogen-bond donors (Lipinski definition) is 1. The number of halogens is 2. The van der Waals surface area contributed by atoms with Crippen LogP contribution in [-0.4, -0.2) is 29.8 Å². The smallest absolute Gasteiger partial charge is 0.254 e. The molecule has 0 aliphatic rings. The van der Waals surface area contributed by atoms with Crippen molar-refractivity contribution in [1.29, 1.82) is 0 Å². The third kappa shape index (κ3) is 5.12. The van der Waals surface area contributed by atoms with Crippen LogP contribution in [0.4, 0.5) is 14.5 Å². The molecule has 0 unspecified atom stereocenters. The number of para-hydroxylation sites is 1. The van der Waals surface area contributed by atoms with Crippen molar-refractivity contribution in [1.82, 2.24) is 4.90 Å². The lowest BCUT2D eigenvalue weighted by molar-refractivity contribution is -0.116. The van der Waals surface area contributed by atoms with Gasteiger partial charge in [0.05, 0.1) is 0 Å². The van der Waals surface area contributed by atoms with E-state index in [1.807, 2.05) is 12.1 Å². The van der Waals surface area contributed by atoms with Crippen LogP contribution in [0.1, 0.15) is 43.6 Å². The number of hydrogen-bond acceptors (Lipinski definition) is 2. The lowest BCUT2D eigenvalue weighted by Gasteiger charge is -2.22. The number of carbonyl (C=O) groups excluding carboxylic acids is 2. The molecule has 0 heterocycles. The van der Waals surface area contributed by atoms with Gasteiger partial charge in [-0.1, -0.05) is 39.0 Å². The Morgan fingerprint density at radius 3 is 2.04 bits per heavy atom. The third-order valence-electron chi connectivity index (χ3n) is 4.23. The Labute approximate surface area is 158 Å². The molecule has 6 heteroatoms. The van der Waals surface area contributed by atoms with Gasteiger partial charge < -0.3 is 10.2 Å². The van der Waals surface area contributed by atoms with Crippen LogP contribution in [0.5, 0.6) is 0 Å². The minimum absolute atomic E-state index is 0.0320. The highest BCUT2D eigenvalue weighted by Crippen LogP contribution is 2.22. The Morgan fingerprint density at radius 2 is 1.56 bits per heavy atom. The van der Waals surface area contributed by atoms with Crippen LogP contribution in [0.3, 0.4) is 0 Å². The number of benzene rings is 2. The van der Waals surface area contributed by atoms with Crippen LogP contribution in [0.15, 0.2) is 42.5 Å². The number of nitrogens with zero attached hydrogens (tertiary/aromatic N) is 1. The predicted octanol–water partition coefficient (Wildman–Crippen LogP) is 4.36. The minimum Gasteiger partial charge on any atom is -0.330 e. The summed E-state index contributed by atoms with van der Waals surface area (Å²) in [7, 11) is 0. The second-order valence-electron chi connectivity index (χ2n) is 7.29. The highest BCUT2D eigenvalue weighted by atomic mass is 19.1. The highest BCUT2D eigenvalue weighted by molar-refractivity contribution is 5.99. The predicted molar refractivity (Wildman–Crippen MR) is 102 cm³/mol. The van der Waals surface area contributed by atoms with Crippen LogP contribution in [-0.2, 0) is 10.2 Å². The average molecular weight is 374 g/mol. The van der Waals surface area contributed by atoms with E-state index in [0.717, 1.165) is 17.7 Å². The maximum Gasteiger partial charge on any atom is 0.254 e. The van der Waals surface area contributed by atoms with Gasteiger partial charge in [-0.2, -0.15) is 0 Å². The van der Waals surface area contributed by atoms with E-state index in [1.54, 1.807) is 19.1 Å². The van der Waals surface area contributed by atoms with Gasteiger partial charge in [0.25, 0.3) is 5.91 Å². The summed E-state index contributed by atoms with van der Waals surface area (Å²) in [6.07, 6.45) is 0. The maximum absolute atomic E-state index is 13.7. The number of carbonyl (C=O) groups is 2. The molecule has 27 heavy (non-hydrogen) atoms. The van der Waals surface area contributed by atoms with E-state index in [4.69, 9.17) is 0 Å². The molecule has 144 valence electrons. The molecule has 0 atom stereocenters. The van der Waals surface area contributed by atoms with Crippen molar-refractivity contribution >= 4 is 17.5 Å². The largest absolute Gasteiger partial charge is 0.330 e. The number of anilines is 1. The fourth-order valence-electron chi connectivity index (χ4n) is 2.59. The van der Waals surface area contributed by atoms with Gasteiger partial charge in [-0.05, 0) is 42.2 Å². The molecule has 0 aliphatic carbocycles. The molecule has 0 radical (unpaired) electrons. The zero-order chi connectivity index (χ0) is 20.2. The molecular weight excluding hydrogens is 350 g/mol. The Balaban J connectivity index is 2.09. The van der Waals surface area contributed by atoms with Crippen LogP contribution in [0.25, 0.3) is 0 Å². The Hall–Kier alpha value is -2.76. The summed E-state index contributed by atoms with van der Waals surface area (Å²) in [5.41, 5.74) is 1.00. The van der Waals surface area contributed by atoms with Crippen molar-refractivity contribution < 1.29 is 18.4 Å². The Kier molecular flexibility index (Phi) is 6.31. The SMILES string of the molecule is CCN(CC(=O)Nc1c(F)cccc1F)C(=O)c1ccc(C(C)(C)C)cc1. The molecule has 2 aromatic carbocycles. The molecule has 0 saturated carbocycles. The van der Waals surface area contributed by atoms with Gasteiger partial charge in [-0.3, -0.25) is 9.59 Å². The summed E-state index contributed by atoms with van der Waals surface area (Å²) < 4.78 is 27.3. The first-order valence-electron chi connectivity index (χ1n) is 8.77. The molecule has 0 aliphatic heterocycles. The second-order valence-corrected chi connectivity index (χ2v) is 7.29. The van der Waals surface area contributed by atoms with E-state index in [-0.39, 0.29) is 24.4 Å². The third-order valence-corrected chi connectivity index (χ3v) is 4.23. The molecule has 2 aromatic rings. The van der Waals surface area contributed by atoms with Gasteiger partial charge >= 0.3 is 0 Å². The quantitative estimate of drug-likeness (QED) is 0.845. The first-order valence-corrected chi connectivity index (χ1v) is 8.77. The number of rotatable bonds is 5. The van der Waals surface area contributed by atoms with Gasteiger partial charge in [-0.15, -0.1) is 0 Å². The van der Waals surface area contributed by atoms with Gasteiger partial charge in [-0.25, -0.2) is 8.78 Å². The maximum atomic E-state index is 13.7. The van der Waals surface area contributed by atoms with Gasteiger partial charge in [0.2, 0.25) is 5.91 Å². The first kappa shape index (κ1) is 20.6. The molecule has 0 fully saturated rings. The monoisotopic (exact) mass is 374 g/mol. The zero-order valence-corrected chi connectivity index (χ0v) is 16.0. The Bertz CT molecular complexity index is 807. The number of likely N-dealkylation sites (N-methyl/N-ethyl adjacent to an activating group) is 1. The van der Waals surface area contributed by atoms with Crippen molar-refractivity contribution in [3.63, 3.8) is 0 Å². The molecule has 0 aromatic heterocycles. The first-order chi connectivity index (χ1) is 12.6. The van der Waals surface area contributed by atoms with E-state index in [2.05, 4.69) is 26.1 Å². The van der Waals surface area contributed by atoms with Gasteiger partial charge in [0.15, 0.2) is 0 Å². The fraction of sp³-hybridized carbons (Fsp3) is 0.333. The lowest BCUT2D eigenvalue weighted by Crippen LogP contribution is -2.38. The normalized spacial score (nSPS) is 11.2. The van der Waals surface area contributed by atoms with Crippen molar-refractivity contribution in [3.05, 3.63) is 65.2 Å². The molecule has 0 spiro atoms. The van der Waals surface area contributed by atoms with E-state index < -0.39 is 23.2 Å². The molecule has 2 rings (SSSR count). The van der Waals surface area contributed by atoms with E-state index in [1.165, 1.54) is 11.0 Å². The second kappa shape index (κ2) is 8.29. The molecule has 1 N–H and O–H groups in total. The topological polar surface area (TPSA) is 49.4 Å². The zero-order valence-electron chi connectivity index (χ0n) is 16.0. The van der Waals surface area contributed by atoms with Crippen LogP contribution in [0.2, 0.25) is 0 Å². The summed E-state index contributed by atoms with van der Waals surface area (Å²) in [5.74, 6) is -2.71.